The lowest BCUT2D eigenvalue weighted by molar-refractivity contribution is 0.0461. The van der Waals surface area contributed by atoms with Crippen LogP contribution in [0.15, 0.2) is 4.47 Å². The molecule has 16 heavy (non-hydrogen) atoms. The van der Waals surface area contributed by atoms with Crippen molar-refractivity contribution in [1.29, 1.82) is 0 Å². The van der Waals surface area contributed by atoms with Crippen molar-refractivity contribution in [3.05, 3.63) is 15.9 Å². The highest BCUT2D eigenvalue weighted by Gasteiger charge is 2.33. The van der Waals surface area contributed by atoms with Gasteiger partial charge in [-0.25, -0.2) is 0 Å². The number of nitrogens with zero attached hydrogens (tertiary/aromatic N) is 2. The summed E-state index contributed by atoms with van der Waals surface area (Å²) < 4.78 is 2.98. The summed E-state index contributed by atoms with van der Waals surface area (Å²) in [7, 11) is 1.96. The van der Waals surface area contributed by atoms with Crippen LogP contribution in [-0.4, -0.2) is 20.5 Å². The highest BCUT2D eigenvalue weighted by atomic mass is 79.9. The van der Waals surface area contributed by atoms with Crippen molar-refractivity contribution in [2.45, 2.75) is 51.0 Å². The van der Waals surface area contributed by atoms with Crippen LogP contribution in [-0.2, 0) is 19.9 Å². The molecule has 1 saturated carbocycles. The van der Waals surface area contributed by atoms with Crippen LogP contribution in [0.1, 0.15) is 44.0 Å². The second-order valence-corrected chi connectivity index (χ2v) is 5.59. The summed E-state index contributed by atoms with van der Waals surface area (Å²) in [6.07, 6.45) is 5.78. The van der Waals surface area contributed by atoms with E-state index in [1.54, 1.807) is 0 Å². The maximum Gasteiger partial charge on any atom is 0.0766 e. The zero-order valence-electron chi connectivity index (χ0n) is 9.96. The average molecular weight is 287 g/mol. The van der Waals surface area contributed by atoms with Crippen LogP contribution in [0.3, 0.4) is 0 Å². The second kappa shape index (κ2) is 4.49. The van der Waals surface area contributed by atoms with Gasteiger partial charge >= 0.3 is 0 Å². The molecule has 2 rings (SSSR count). The van der Waals surface area contributed by atoms with Crippen molar-refractivity contribution in [3.8, 4) is 0 Å². The highest BCUT2D eigenvalue weighted by Crippen LogP contribution is 2.35. The fourth-order valence-corrected chi connectivity index (χ4v) is 3.29. The molecule has 0 saturated heterocycles. The molecule has 1 aliphatic carbocycles. The molecule has 0 aromatic carbocycles. The molecule has 1 N–H and O–H groups in total. The smallest absolute Gasteiger partial charge is 0.0766 e. The van der Waals surface area contributed by atoms with E-state index in [-0.39, 0.29) is 0 Å². The first-order valence-electron chi connectivity index (χ1n) is 5.98. The third-order valence-electron chi connectivity index (χ3n) is 3.53. The molecule has 0 bridgehead atoms. The molecule has 0 unspecified atom stereocenters. The van der Waals surface area contributed by atoms with E-state index in [1.807, 2.05) is 11.7 Å². The van der Waals surface area contributed by atoms with Crippen LogP contribution < -0.4 is 0 Å². The first kappa shape index (κ1) is 12.1. The monoisotopic (exact) mass is 286 g/mol. The van der Waals surface area contributed by atoms with Gasteiger partial charge in [0.2, 0.25) is 0 Å². The molecular formula is C12H19BrN2O. The van der Waals surface area contributed by atoms with E-state index in [2.05, 4.69) is 28.0 Å². The Morgan fingerprint density at radius 3 is 2.56 bits per heavy atom. The van der Waals surface area contributed by atoms with Gasteiger partial charge in [-0.15, -0.1) is 0 Å². The molecule has 0 radical (unpaired) electrons. The van der Waals surface area contributed by atoms with Gasteiger partial charge in [0.25, 0.3) is 0 Å². The van der Waals surface area contributed by atoms with E-state index in [9.17, 15) is 5.11 Å². The standard InChI is InChI=1S/C12H19BrN2O/c1-3-9-11(13)10(15(2)14-9)8-12(16)6-4-5-7-12/h16H,3-8H2,1-2H3. The average Bonchev–Trinajstić information content (AvgIpc) is 2.78. The van der Waals surface area contributed by atoms with Crippen molar-refractivity contribution in [2.75, 3.05) is 0 Å². The molecule has 3 nitrogen and oxygen atoms in total. The summed E-state index contributed by atoms with van der Waals surface area (Å²) in [5.41, 5.74) is 1.71. The van der Waals surface area contributed by atoms with E-state index in [4.69, 9.17) is 0 Å². The van der Waals surface area contributed by atoms with Crippen LogP contribution in [0.4, 0.5) is 0 Å². The van der Waals surface area contributed by atoms with Crippen LogP contribution >= 0.6 is 15.9 Å². The van der Waals surface area contributed by atoms with Gasteiger partial charge < -0.3 is 5.11 Å². The van der Waals surface area contributed by atoms with Gasteiger partial charge in [-0.1, -0.05) is 19.8 Å². The minimum atomic E-state index is -0.499. The largest absolute Gasteiger partial charge is 0.389 e. The zero-order valence-corrected chi connectivity index (χ0v) is 11.5. The van der Waals surface area contributed by atoms with E-state index < -0.39 is 5.60 Å². The molecule has 0 aliphatic heterocycles. The predicted molar refractivity (Wildman–Crippen MR) is 67.4 cm³/mol. The Kier molecular flexibility index (Phi) is 3.40. The number of hydrogen-bond acceptors (Lipinski definition) is 2. The topological polar surface area (TPSA) is 38.0 Å². The van der Waals surface area contributed by atoms with Gasteiger partial charge in [0.1, 0.15) is 0 Å². The lowest BCUT2D eigenvalue weighted by Gasteiger charge is -2.22. The van der Waals surface area contributed by atoms with Gasteiger partial charge in [0.05, 0.1) is 21.5 Å². The highest BCUT2D eigenvalue weighted by molar-refractivity contribution is 9.10. The van der Waals surface area contributed by atoms with Crippen molar-refractivity contribution in [2.24, 2.45) is 7.05 Å². The van der Waals surface area contributed by atoms with Gasteiger partial charge in [0, 0.05) is 13.5 Å². The van der Waals surface area contributed by atoms with Crippen LogP contribution in [0.2, 0.25) is 0 Å². The Hall–Kier alpha value is -0.350. The summed E-state index contributed by atoms with van der Waals surface area (Å²) >= 11 is 3.60. The predicted octanol–water partition coefficient (Wildman–Crippen LogP) is 2.59. The Balaban J connectivity index is 2.23. The Morgan fingerprint density at radius 2 is 2.06 bits per heavy atom. The van der Waals surface area contributed by atoms with Crippen molar-refractivity contribution >= 4 is 15.9 Å². The summed E-state index contributed by atoms with van der Waals surface area (Å²) in [6, 6.07) is 0. The molecule has 1 aliphatic rings. The summed E-state index contributed by atoms with van der Waals surface area (Å²) in [5.74, 6) is 0. The van der Waals surface area contributed by atoms with E-state index >= 15 is 0 Å². The molecule has 1 heterocycles. The van der Waals surface area contributed by atoms with Crippen molar-refractivity contribution < 1.29 is 5.11 Å². The van der Waals surface area contributed by atoms with Crippen LogP contribution in [0.25, 0.3) is 0 Å². The SMILES string of the molecule is CCc1nn(C)c(CC2(O)CCCC2)c1Br. The zero-order chi connectivity index (χ0) is 11.8. The first-order valence-corrected chi connectivity index (χ1v) is 6.77. The number of rotatable bonds is 3. The summed E-state index contributed by atoms with van der Waals surface area (Å²) in [6.45, 7) is 2.10. The molecule has 4 heteroatoms. The van der Waals surface area contributed by atoms with E-state index in [1.165, 1.54) is 0 Å². The van der Waals surface area contributed by atoms with Gasteiger partial charge in [-0.05, 0) is 35.2 Å². The number of halogens is 1. The maximum atomic E-state index is 10.4. The lowest BCUT2D eigenvalue weighted by Crippen LogP contribution is -2.28. The van der Waals surface area contributed by atoms with Crippen LogP contribution in [0.5, 0.6) is 0 Å². The Labute approximate surface area is 105 Å². The molecule has 90 valence electrons. The minimum absolute atomic E-state index is 0.499. The maximum absolute atomic E-state index is 10.4. The van der Waals surface area contributed by atoms with E-state index in [0.717, 1.165) is 54.4 Å². The fourth-order valence-electron chi connectivity index (χ4n) is 2.53. The van der Waals surface area contributed by atoms with Gasteiger partial charge in [-0.2, -0.15) is 5.10 Å². The summed E-state index contributed by atoms with van der Waals surface area (Å²) in [5, 5.41) is 14.9. The van der Waals surface area contributed by atoms with E-state index in [0.29, 0.717) is 0 Å². The first-order chi connectivity index (χ1) is 7.56. The van der Waals surface area contributed by atoms with Gasteiger partial charge in [0.15, 0.2) is 0 Å². The molecule has 1 aromatic heterocycles. The lowest BCUT2D eigenvalue weighted by atomic mass is 9.96. The quantitative estimate of drug-likeness (QED) is 0.928. The van der Waals surface area contributed by atoms with Crippen molar-refractivity contribution in [1.82, 2.24) is 9.78 Å². The molecule has 1 aromatic rings. The van der Waals surface area contributed by atoms with Crippen LogP contribution in [0, 0.1) is 0 Å². The molecule has 0 atom stereocenters. The molecular weight excluding hydrogens is 268 g/mol. The number of hydrogen-bond donors (Lipinski definition) is 1. The molecule has 1 fully saturated rings. The normalized spacial score (nSPS) is 19.2. The van der Waals surface area contributed by atoms with Gasteiger partial charge in [-0.3, -0.25) is 4.68 Å². The summed E-state index contributed by atoms with van der Waals surface area (Å²) in [4.78, 5) is 0. The fraction of sp³-hybridized carbons (Fsp3) is 0.750. The minimum Gasteiger partial charge on any atom is -0.389 e. The third-order valence-corrected chi connectivity index (χ3v) is 4.45. The Morgan fingerprint density at radius 1 is 1.44 bits per heavy atom. The number of aromatic nitrogens is 2. The molecule has 0 spiro atoms. The Bertz CT molecular complexity index is 381. The van der Waals surface area contributed by atoms with Crippen molar-refractivity contribution in [3.63, 3.8) is 0 Å². The number of aliphatic hydroxyl groups is 1. The third kappa shape index (κ3) is 2.18. The molecule has 0 amide bonds. The number of aryl methyl sites for hydroxylation is 2. The second-order valence-electron chi connectivity index (χ2n) is 4.79.